The first-order valence-electron chi connectivity index (χ1n) is 9.20. The van der Waals surface area contributed by atoms with Crippen LogP contribution >= 0.6 is 11.8 Å². The van der Waals surface area contributed by atoms with Crippen LogP contribution in [0.15, 0.2) is 59.0 Å². The van der Waals surface area contributed by atoms with E-state index in [0.29, 0.717) is 12.3 Å². The van der Waals surface area contributed by atoms with E-state index in [0.717, 1.165) is 23.1 Å². The zero-order valence-electron chi connectivity index (χ0n) is 15.1. The quantitative estimate of drug-likeness (QED) is 0.724. The van der Waals surface area contributed by atoms with E-state index in [2.05, 4.69) is 30.3 Å². The Kier molecular flexibility index (Phi) is 4.50. The van der Waals surface area contributed by atoms with Crippen LogP contribution in [-0.4, -0.2) is 27.4 Å². The second-order valence-electron chi connectivity index (χ2n) is 7.79. The molecule has 2 aliphatic carbocycles. The lowest BCUT2D eigenvalue weighted by Gasteiger charge is -2.37. The maximum atomic E-state index is 11.9. The second-order valence-corrected chi connectivity index (χ2v) is 9.07. The van der Waals surface area contributed by atoms with Crippen molar-refractivity contribution in [1.82, 2.24) is 0 Å². The lowest BCUT2D eigenvalue weighted by Crippen LogP contribution is -2.39. The van der Waals surface area contributed by atoms with Crippen LogP contribution < -0.4 is 0 Å². The van der Waals surface area contributed by atoms with Crippen molar-refractivity contribution in [3.63, 3.8) is 0 Å². The maximum absolute atomic E-state index is 11.9. The fraction of sp³-hybridized carbons (Fsp3) is 0.364. The number of fused-ring (bicyclic) bond motifs is 3. The van der Waals surface area contributed by atoms with Crippen molar-refractivity contribution in [1.29, 1.82) is 0 Å². The molecule has 4 rings (SSSR count). The molecule has 4 atom stereocenters. The standard InChI is InChI=1S/C22H22O4S/c1-13(20(23)24)11-22-12-14(8-18(22)21(25)26)9-19(22)27-17-7-6-15-4-2-3-5-16(15)10-17/h2-7,10-11,14,18-19H,8-9,12H2,1H3,(H,23,24)(H,25,26). The molecule has 2 N–H and O–H groups in total. The van der Waals surface area contributed by atoms with Gasteiger partial charge in [-0.1, -0.05) is 36.4 Å². The van der Waals surface area contributed by atoms with Crippen LogP contribution in [0.3, 0.4) is 0 Å². The van der Waals surface area contributed by atoms with E-state index in [-0.39, 0.29) is 10.8 Å². The highest BCUT2D eigenvalue weighted by Crippen LogP contribution is 2.63. The van der Waals surface area contributed by atoms with Crippen LogP contribution in [0.1, 0.15) is 26.2 Å². The summed E-state index contributed by atoms with van der Waals surface area (Å²) >= 11 is 1.70. The summed E-state index contributed by atoms with van der Waals surface area (Å²) in [5.74, 6) is -1.94. The van der Waals surface area contributed by atoms with Crippen LogP contribution in [0.2, 0.25) is 0 Å². The Morgan fingerprint density at radius 3 is 2.56 bits per heavy atom. The fourth-order valence-corrected chi connectivity index (χ4v) is 6.53. The summed E-state index contributed by atoms with van der Waals surface area (Å²) in [6.07, 6.45) is 4.10. The molecule has 4 nitrogen and oxygen atoms in total. The van der Waals surface area contributed by atoms with Gasteiger partial charge in [-0.2, -0.15) is 0 Å². The highest BCUT2D eigenvalue weighted by atomic mass is 32.2. The van der Waals surface area contributed by atoms with Crippen molar-refractivity contribution in [2.24, 2.45) is 17.3 Å². The van der Waals surface area contributed by atoms with E-state index >= 15 is 0 Å². The molecule has 0 aliphatic heterocycles. The summed E-state index contributed by atoms with van der Waals surface area (Å²) in [6, 6.07) is 14.5. The molecular formula is C22H22O4S. The zero-order chi connectivity index (χ0) is 19.2. The third kappa shape index (κ3) is 3.14. The summed E-state index contributed by atoms with van der Waals surface area (Å²) in [5.41, 5.74) is -0.345. The first-order valence-corrected chi connectivity index (χ1v) is 10.1. The molecule has 0 amide bonds. The predicted molar refractivity (Wildman–Crippen MR) is 106 cm³/mol. The smallest absolute Gasteiger partial charge is 0.330 e. The van der Waals surface area contributed by atoms with Crippen LogP contribution in [0.25, 0.3) is 10.8 Å². The molecule has 2 aliphatic rings. The summed E-state index contributed by atoms with van der Waals surface area (Å²) in [5, 5.41) is 21.6. The molecule has 2 fully saturated rings. The Balaban J connectivity index is 1.70. The van der Waals surface area contributed by atoms with Crippen LogP contribution in [0.5, 0.6) is 0 Å². The number of benzene rings is 2. The van der Waals surface area contributed by atoms with Gasteiger partial charge in [-0.05, 0) is 55.0 Å². The number of carboxylic acid groups (broad SMARTS) is 2. The van der Waals surface area contributed by atoms with Gasteiger partial charge in [-0.25, -0.2) is 4.79 Å². The second kappa shape index (κ2) is 6.71. The number of carbonyl (C=O) groups is 2. The molecule has 5 heteroatoms. The molecule has 0 aromatic heterocycles. The summed E-state index contributed by atoms with van der Waals surface area (Å²) < 4.78 is 0. The van der Waals surface area contributed by atoms with Gasteiger partial charge in [0.15, 0.2) is 0 Å². The zero-order valence-corrected chi connectivity index (χ0v) is 15.9. The topological polar surface area (TPSA) is 74.6 Å². The normalized spacial score (nSPS) is 30.0. The van der Waals surface area contributed by atoms with Crippen molar-refractivity contribution >= 4 is 34.5 Å². The van der Waals surface area contributed by atoms with Gasteiger partial charge in [-0.15, -0.1) is 11.8 Å². The van der Waals surface area contributed by atoms with E-state index in [1.54, 1.807) is 24.8 Å². The van der Waals surface area contributed by atoms with Gasteiger partial charge in [0.05, 0.1) is 5.92 Å². The maximum Gasteiger partial charge on any atom is 0.330 e. The van der Waals surface area contributed by atoms with Crippen molar-refractivity contribution in [2.75, 3.05) is 0 Å². The lowest BCUT2D eigenvalue weighted by atomic mass is 9.73. The minimum absolute atomic E-state index is 0.0767. The molecule has 2 aromatic carbocycles. The molecule has 0 radical (unpaired) electrons. The molecule has 2 saturated carbocycles. The van der Waals surface area contributed by atoms with Gasteiger partial charge in [0, 0.05) is 21.1 Å². The number of rotatable bonds is 5. The minimum Gasteiger partial charge on any atom is -0.481 e. The Hall–Kier alpha value is -2.27. The first-order chi connectivity index (χ1) is 12.9. The SMILES string of the molecule is CC(=CC12CC(CC1Sc1ccc3ccccc3c1)CC2C(=O)O)C(=O)O. The lowest BCUT2D eigenvalue weighted by molar-refractivity contribution is -0.145. The molecule has 0 saturated heterocycles. The average Bonchev–Trinajstić information content (AvgIpc) is 3.16. The monoisotopic (exact) mass is 382 g/mol. The molecule has 27 heavy (non-hydrogen) atoms. The number of hydrogen-bond donors (Lipinski definition) is 2. The predicted octanol–water partition coefficient (Wildman–Crippen LogP) is 4.83. The summed E-state index contributed by atoms with van der Waals surface area (Å²) in [6.45, 7) is 1.57. The number of thioether (sulfide) groups is 1. The molecule has 2 bridgehead atoms. The third-order valence-corrected chi connectivity index (χ3v) is 7.57. The Bertz CT molecular complexity index is 950. The number of hydrogen-bond acceptors (Lipinski definition) is 3. The van der Waals surface area contributed by atoms with Crippen molar-refractivity contribution < 1.29 is 19.8 Å². The summed E-state index contributed by atoms with van der Waals surface area (Å²) in [4.78, 5) is 24.5. The number of allylic oxidation sites excluding steroid dienone is 1. The Labute approximate surface area is 162 Å². The van der Waals surface area contributed by atoms with E-state index in [4.69, 9.17) is 0 Å². The average molecular weight is 382 g/mol. The van der Waals surface area contributed by atoms with E-state index in [1.165, 1.54) is 5.39 Å². The van der Waals surface area contributed by atoms with Crippen molar-refractivity contribution in [3.8, 4) is 0 Å². The Morgan fingerprint density at radius 1 is 1.11 bits per heavy atom. The van der Waals surface area contributed by atoms with Gasteiger partial charge in [0.2, 0.25) is 0 Å². The van der Waals surface area contributed by atoms with E-state index < -0.39 is 23.3 Å². The van der Waals surface area contributed by atoms with E-state index in [9.17, 15) is 19.8 Å². The van der Waals surface area contributed by atoms with Gasteiger partial charge >= 0.3 is 11.9 Å². The molecule has 0 spiro atoms. The van der Waals surface area contributed by atoms with Crippen molar-refractivity contribution in [3.05, 3.63) is 54.1 Å². The van der Waals surface area contributed by atoms with Crippen LogP contribution in [0.4, 0.5) is 0 Å². The van der Waals surface area contributed by atoms with Gasteiger partial charge < -0.3 is 10.2 Å². The highest BCUT2D eigenvalue weighted by Gasteiger charge is 2.59. The van der Waals surface area contributed by atoms with Gasteiger partial charge in [0.25, 0.3) is 0 Å². The highest BCUT2D eigenvalue weighted by molar-refractivity contribution is 8.00. The molecule has 140 valence electrons. The minimum atomic E-state index is -0.974. The fourth-order valence-electron chi connectivity index (χ4n) is 4.95. The van der Waals surface area contributed by atoms with E-state index in [1.807, 2.05) is 12.1 Å². The van der Waals surface area contributed by atoms with Gasteiger partial charge in [0.1, 0.15) is 0 Å². The largest absolute Gasteiger partial charge is 0.481 e. The summed E-state index contributed by atoms with van der Waals surface area (Å²) in [7, 11) is 0. The Morgan fingerprint density at radius 2 is 1.85 bits per heavy atom. The first kappa shape index (κ1) is 18.1. The van der Waals surface area contributed by atoms with Gasteiger partial charge in [-0.3, -0.25) is 4.79 Å². The molecule has 0 heterocycles. The number of aliphatic carboxylic acids is 2. The van der Waals surface area contributed by atoms with Crippen LogP contribution in [0, 0.1) is 17.3 Å². The van der Waals surface area contributed by atoms with Crippen LogP contribution in [-0.2, 0) is 9.59 Å². The molecule has 4 unspecified atom stereocenters. The molecular weight excluding hydrogens is 360 g/mol. The molecule has 2 aromatic rings. The van der Waals surface area contributed by atoms with Crippen molar-refractivity contribution in [2.45, 2.75) is 36.3 Å². The number of carboxylic acids is 2. The third-order valence-electron chi connectivity index (χ3n) is 6.13.